The SMILES string of the molecule is CCC1=NN(C2CCCC2)C(=O)C1CCN. The molecule has 0 bridgehead atoms. The monoisotopic (exact) mass is 223 g/mol. The average Bonchev–Trinajstić information content (AvgIpc) is 2.89. The number of carbonyl (C=O) groups is 1. The van der Waals surface area contributed by atoms with Gasteiger partial charge in [0.05, 0.1) is 17.7 Å². The molecule has 0 saturated heterocycles. The van der Waals surface area contributed by atoms with Crippen molar-refractivity contribution in [3.05, 3.63) is 0 Å². The van der Waals surface area contributed by atoms with Crippen LogP contribution in [0.3, 0.4) is 0 Å². The van der Waals surface area contributed by atoms with E-state index in [9.17, 15) is 4.79 Å². The van der Waals surface area contributed by atoms with Gasteiger partial charge < -0.3 is 5.73 Å². The molecule has 4 heteroatoms. The van der Waals surface area contributed by atoms with Crippen LogP contribution >= 0.6 is 0 Å². The van der Waals surface area contributed by atoms with Crippen molar-refractivity contribution in [3.8, 4) is 0 Å². The first-order chi connectivity index (χ1) is 7.77. The van der Waals surface area contributed by atoms with Crippen LogP contribution in [0.15, 0.2) is 5.10 Å². The van der Waals surface area contributed by atoms with E-state index in [1.807, 2.05) is 0 Å². The van der Waals surface area contributed by atoms with Gasteiger partial charge in [0, 0.05) is 0 Å². The lowest BCUT2D eigenvalue weighted by atomic mass is 9.97. The van der Waals surface area contributed by atoms with Crippen LogP contribution in [0.25, 0.3) is 0 Å². The number of amides is 1. The minimum absolute atomic E-state index is 0.0319. The number of hydrogen-bond donors (Lipinski definition) is 1. The van der Waals surface area contributed by atoms with Crippen molar-refractivity contribution in [1.29, 1.82) is 0 Å². The molecule has 1 amide bonds. The zero-order valence-corrected chi connectivity index (χ0v) is 9.98. The average molecular weight is 223 g/mol. The normalized spacial score (nSPS) is 26.6. The van der Waals surface area contributed by atoms with E-state index < -0.39 is 0 Å². The molecule has 1 aliphatic heterocycles. The summed E-state index contributed by atoms with van der Waals surface area (Å²) in [5, 5.41) is 6.27. The number of nitrogens with two attached hydrogens (primary N) is 1. The van der Waals surface area contributed by atoms with Gasteiger partial charge in [-0.3, -0.25) is 4.79 Å². The highest BCUT2D eigenvalue weighted by atomic mass is 16.2. The Kier molecular flexibility index (Phi) is 3.59. The Bertz CT molecular complexity index is 295. The molecule has 1 atom stereocenters. The largest absolute Gasteiger partial charge is 0.330 e. The van der Waals surface area contributed by atoms with Crippen LogP contribution in [0, 0.1) is 5.92 Å². The highest BCUT2D eigenvalue weighted by Gasteiger charge is 2.38. The van der Waals surface area contributed by atoms with Gasteiger partial charge in [0.15, 0.2) is 0 Å². The van der Waals surface area contributed by atoms with Crippen LogP contribution in [0.4, 0.5) is 0 Å². The third-order valence-electron chi connectivity index (χ3n) is 3.65. The smallest absolute Gasteiger partial charge is 0.251 e. The molecule has 1 unspecified atom stereocenters. The third kappa shape index (κ3) is 1.98. The predicted molar refractivity (Wildman–Crippen MR) is 64.0 cm³/mol. The molecule has 2 aliphatic rings. The quantitative estimate of drug-likeness (QED) is 0.785. The molecular weight excluding hydrogens is 202 g/mol. The van der Waals surface area contributed by atoms with Crippen molar-refractivity contribution in [2.75, 3.05) is 6.54 Å². The topological polar surface area (TPSA) is 58.7 Å². The Morgan fingerprint density at radius 1 is 1.44 bits per heavy atom. The van der Waals surface area contributed by atoms with Crippen LogP contribution in [0.2, 0.25) is 0 Å². The number of rotatable bonds is 4. The van der Waals surface area contributed by atoms with Crippen molar-refractivity contribution in [1.82, 2.24) is 5.01 Å². The van der Waals surface area contributed by atoms with E-state index in [1.165, 1.54) is 12.8 Å². The molecule has 0 aromatic carbocycles. The Balaban J connectivity index is 2.10. The first kappa shape index (κ1) is 11.6. The van der Waals surface area contributed by atoms with Gasteiger partial charge in [-0.15, -0.1) is 0 Å². The van der Waals surface area contributed by atoms with E-state index in [2.05, 4.69) is 12.0 Å². The molecule has 1 fully saturated rings. The fraction of sp³-hybridized carbons (Fsp3) is 0.833. The lowest BCUT2D eigenvalue weighted by molar-refractivity contribution is -0.133. The van der Waals surface area contributed by atoms with Crippen molar-refractivity contribution < 1.29 is 4.79 Å². The first-order valence-corrected chi connectivity index (χ1v) is 6.38. The highest BCUT2D eigenvalue weighted by molar-refractivity contribution is 6.07. The maximum atomic E-state index is 12.2. The van der Waals surface area contributed by atoms with E-state index in [0.717, 1.165) is 31.4 Å². The van der Waals surface area contributed by atoms with Gasteiger partial charge in [-0.2, -0.15) is 5.10 Å². The zero-order valence-electron chi connectivity index (χ0n) is 9.98. The Labute approximate surface area is 96.9 Å². The van der Waals surface area contributed by atoms with E-state index in [1.54, 1.807) is 5.01 Å². The van der Waals surface area contributed by atoms with Crippen LogP contribution in [0.5, 0.6) is 0 Å². The maximum Gasteiger partial charge on any atom is 0.251 e. The molecule has 0 aromatic heterocycles. The number of hydrogen-bond acceptors (Lipinski definition) is 3. The second-order valence-electron chi connectivity index (χ2n) is 4.70. The summed E-state index contributed by atoms with van der Waals surface area (Å²) in [5.74, 6) is 0.157. The first-order valence-electron chi connectivity index (χ1n) is 6.38. The summed E-state index contributed by atoms with van der Waals surface area (Å²) in [6.07, 6.45) is 6.29. The second kappa shape index (κ2) is 4.95. The summed E-state index contributed by atoms with van der Waals surface area (Å²) in [5.41, 5.74) is 6.59. The molecule has 90 valence electrons. The van der Waals surface area contributed by atoms with Crippen LogP contribution in [-0.4, -0.2) is 29.2 Å². The third-order valence-corrected chi connectivity index (χ3v) is 3.65. The number of nitrogens with zero attached hydrogens (tertiary/aromatic N) is 2. The number of carbonyl (C=O) groups excluding carboxylic acids is 1. The van der Waals surface area contributed by atoms with E-state index in [-0.39, 0.29) is 11.8 Å². The second-order valence-corrected chi connectivity index (χ2v) is 4.70. The van der Waals surface area contributed by atoms with Gasteiger partial charge in [-0.25, -0.2) is 5.01 Å². The molecule has 16 heavy (non-hydrogen) atoms. The fourth-order valence-electron chi connectivity index (χ4n) is 2.74. The lowest BCUT2D eigenvalue weighted by Crippen LogP contribution is -2.35. The highest BCUT2D eigenvalue weighted by Crippen LogP contribution is 2.30. The lowest BCUT2D eigenvalue weighted by Gasteiger charge is -2.20. The van der Waals surface area contributed by atoms with Crippen LogP contribution in [0.1, 0.15) is 45.4 Å². The van der Waals surface area contributed by atoms with Gasteiger partial charge in [0.1, 0.15) is 0 Å². The van der Waals surface area contributed by atoms with Crippen LogP contribution < -0.4 is 5.73 Å². The summed E-state index contributed by atoms with van der Waals surface area (Å²) in [6.45, 7) is 2.63. The van der Waals surface area contributed by atoms with E-state index in [0.29, 0.717) is 12.6 Å². The standard InChI is InChI=1S/C12H21N3O/c1-2-11-10(7-8-13)12(16)15(14-11)9-5-3-4-6-9/h9-10H,2-8,13H2,1H3. The predicted octanol–water partition coefficient (Wildman–Crippen LogP) is 1.50. The van der Waals surface area contributed by atoms with Crippen molar-refractivity contribution >= 4 is 11.6 Å². The molecule has 4 nitrogen and oxygen atoms in total. The molecule has 0 aromatic rings. The minimum atomic E-state index is -0.0319. The van der Waals surface area contributed by atoms with E-state index >= 15 is 0 Å². The van der Waals surface area contributed by atoms with Gasteiger partial charge in [-0.05, 0) is 32.2 Å². The molecule has 2 rings (SSSR count). The molecule has 1 aliphatic carbocycles. The summed E-state index contributed by atoms with van der Waals surface area (Å²) in [4.78, 5) is 12.2. The number of hydrazone groups is 1. The summed E-state index contributed by atoms with van der Waals surface area (Å²) in [7, 11) is 0. The van der Waals surface area contributed by atoms with E-state index in [4.69, 9.17) is 5.73 Å². The van der Waals surface area contributed by atoms with Crippen molar-refractivity contribution in [2.45, 2.75) is 51.5 Å². The molecule has 1 heterocycles. The van der Waals surface area contributed by atoms with Gasteiger partial charge in [0.2, 0.25) is 0 Å². The molecule has 1 saturated carbocycles. The molecule has 2 N–H and O–H groups in total. The van der Waals surface area contributed by atoms with Gasteiger partial charge in [-0.1, -0.05) is 19.8 Å². The fourth-order valence-corrected chi connectivity index (χ4v) is 2.74. The maximum absolute atomic E-state index is 12.2. The van der Waals surface area contributed by atoms with Gasteiger partial charge >= 0.3 is 0 Å². The zero-order chi connectivity index (χ0) is 11.5. The Hall–Kier alpha value is -0.900. The van der Waals surface area contributed by atoms with Crippen molar-refractivity contribution in [2.24, 2.45) is 16.8 Å². The Morgan fingerprint density at radius 3 is 2.69 bits per heavy atom. The van der Waals surface area contributed by atoms with Crippen LogP contribution in [-0.2, 0) is 4.79 Å². The summed E-state index contributed by atoms with van der Waals surface area (Å²) < 4.78 is 0. The molecule has 0 spiro atoms. The molecule has 0 radical (unpaired) electrons. The van der Waals surface area contributed by atoms with Crippen molar-refractivity contribution in [3.63, 3.8) is 0 Å². The summed E-state index contributed by atoms with van der Waals surface area (Å²) in [6, 6.07) is 0.358. The minimum Gasteiger partial charge on any atom is -0.330 e. The molecular formula is C12H21N3O. The van der Waals surface area contributed by atoms with Gasteiger partial charge in [0.25, 0.3) is 5.91 Å². The summed E-state index contributed by atoms with van der Waals surface area (Å²) >= 11 is 0. The Morgan fingerprint density at radius 2 is 2.12 bits per heavy atom.